The minimum Gasteiger partial charge on any atom is -0.491 e. The number of rotatable bonds is 4. The van der Waals surface area contributed by atoms with Crippen molar-refractivity contribution in [1.29, 1.82) is 0 Å². The van der Waals surface area contributed by atoms with Gasteiger partial charge in [-0.05, 0) is 45.0 Å². The molecule has 118 valence electrons. The number of hydrogen-bond donors (Lipinski definition) is 1. The van der Waals surface area contributed by atoms with Crippen molar-refractivity contribution in [2.24, 2.45) is 0 Å². The highest BCUT2D eigenvalue weighted by Gasteiger charge is 2.24. The molecule has 1 amide bonds. The second-order valence-electron chi connectivity index (χ2n) is 5.40. The number of amides is 1. The number of hydrogen-bond acceptors (Lipinski definition) is 3. The van der Waals surface area contributed by atoms with Gasteiger partial charge in [0, 0.05) is 29.7 Å². The van der Waals surface area contributed by atoms with Crippen molar-refractivity contribution in [2.45, 2.75) is 32.4 Å². The lowest BCUT2D eigenvalue weighted by Crippen LogP contribution is -2.38. The Bertz CT molecular complexity index is 491. The molecule has 1 fully saturated rings. The van der Waals surface area contributed by atoms with Gasteiger partial charge in [-0.25, -0.2) is 0 Å². The Balaban J connectivity index is 0.00000220. The zero-order chi connectivity index (χ0) is 14.7. The summed E-state index contributed by atoms with van der Waals surface area (Å²) in [5, 5.41) is 3.28. The number of likely N-dealkylation sites (N-methyl/N-ethyl adjacent to an activating group) is 1. The molecule has 2 rings (SSSR count). The number of carbonyl (C=O) groups is 1. The monoisotopic (exact) mass is 376 g/mol. The van der Waals surface area contributed by atoms with Crippen LogP contribution < -0.4 is 10.1 Å². The SMILES string of the molecule is CC(C)Oc1cc(Br)cc(C(=O)N(C)C2CCNC2)c1.Cl. The Labute approximate surface area is 140 Å². The van der Waals surface area contributed by atoms with E-state index in [1.54, 1.807) is 0 Å². The summed E-state index contributed by atoms with van der Waals surface area (Å²) in [7, 11) is 1.86. The molecule has 1 aromatic rings. The summed E-state index contributed by atoms with van der Waals surface area (Å²) < 4.78 is 6.54. The van der Waals surface area contributed by atoms with Gasteiger partial charge in [-0.15, -0.1) is 12.4 Å². The quantitative estimate of drug-likeness (QED) is 0.876. The van der Waals surface area contributed by atoms with Crippen molar-refractivity contribution in [3.63, 3.8) is 0 Å². The average Bonchev–Trinajstić information content (AvgIpc) is 2.89. The molecule has 1 atom stereocenters. The molecule has 0 aromatic heterocycles. The van der Waals surface area contributed by atoms with Gasteiger partial charge in [0.15, 0.2) is 0 Å². The maximum atomic E-state index is 12.5. The number of nitrogens with one attached hydrogen (secondary N) is 1. The van der Waals surface area contributed by atoms with E-state index in [2.05, 4.69) is 21.2 Å². The highest BCUT2D eigenvalue weighted by atomic mass is 79.9. The summed E-state index contributed by atoms with van der Waals surface area (Å²) in [4.78, 5) is 14.4. The summed E-state index contributed by atoms with van der Waals surface area (Å²) in [5.41, 5.74) is 0.657. The Kier molecular flexibility index (Phi) is 6.97. The second kappa shape index (κ2) is 8.01. The van der Waals surface area contributed by atoms with E-state index in [1.165, 1.54) is 0 Å². The van der Waals surface area contributed by atoms with Crippen LogP contribution in [0.3, 0.4) is 0 Å². The predicted octanol–water partition coefficient (Wildman–Crippen LogP) is 3.09. The standard InChI is InChI=1S/C15H21BrN2O2.ClH/c1-10(2)20-14-7-11(6-12(16)8-14)15(19)18(3)13-4-5-17-9-13;/h6-8,10,13,17H,4-5,9H2,1-3H3;1H. The van der Waals surface area contributed by atoms with Crippen LogP contribution >= 0.6 is 28.3 Å². The van der Waals surface area contributed by atoms with Crippen LogP contribution in [0.4, 0.5) is 0 Å². The molecule has 1 saturated heterocycles. The normalized spacial score (nSPS) is 17.5. The zero-order valence-electron chi connectivity index (χ0n) is 12.6. The number of carbonyl (C=O) groups excluding carboxylic acids is 1. The van der Waals surface area contributed by atoms with E-state index in [9.17, 15) is 4.79 Å². The first-order valence-corrected chi connectivity index (χ1v) is 7.72. The van der Waals surface area contributed by atoms with Crippen LogP contribution in [0.2, 0.25) is 0 Å². The lowest BCUT2D eigenvalue weighted by Gasteiger charge is -2.24. The molecule has 21 heavy (non-hydrogen) atoms. The van der Waals surface area contributed by atoms with E-state index >= 15 is 0 Å². The lowest BCUT2D eigenvalue weighted by atomic mass is 10.1. The van der Waals surface area contributed by atoms with Gasteiger partial charge in [0.25, 0.3) is 5.91 Å². The fraction of sp³-hybridized carbons (Fsp3) is 0.533. The Morgan fingerprint density at radius 1 is 1.43 bits per heavy atom. The maximum absolute atomic E-state index is 12.5. The summed E-state index contributed by atoms with van der Waals surface area (Å²) in [6, 6.07) is 5.81. The van der Waals surface area contributed by atoms with Crippen molar-refractivity contribution in [1.82, 2.24) is 10.2 Å². The Hall–Kier alpha value is -0.780. The summed E-state index contributed by atoms with van der Waals surface area (Å²) in [6.45, 7) is 5.78. The molecule has 0 spiro atoms. The third-order valence-electron chi connectivity index (χ3n) is 3.39. The topological polar surface area (TPSA) is 41.6 Å². The van der Waals surface area contributed by atoms with E-state index in [1.807, 2.05) is 44.0 Å². The molecule has 0 aliphatic carbocycles. The fourth-order valence-corrected chi connectivity index (χ4v) is 2.84. The largest absolute Gasteiger partial charge is 0.491 e. The van der Waals surface area contributed by atoms with Gasteiger partial charge >= 0.3 is 0 Å². The Morgan fingerprint density at radius 3 is 2.71 bits per heavy atom. The average molecular weight is 378 g/mol. The lowest BCUT2D eigenvalue weighted by molar-refractivity contribution is 0.0743. The van der Waals surface area contributed by atoms with Crippen LogP contribution in [0, 0.1) is 0 Å². The molecule has 4 nitrogen and oxygen atoms in total. The molecule has 1 aromatic carbocycles. The van der Waals surface area contributed by atoms with Crippen LogP contribution in [0.25, 0.3) is 0 Å². The van der Waals surface area contributed by atoms with Crippen molar-refractivity contribution < 1.29 is 9.53 Å². The number of benzene rings is 1. The van der Waals surface area contributed by atoms with Crippen LogP contribution in [0.15, 0.2) is 22.7 Å². The van der Waals surface area contributed by atoms with Crippen LogP contribution in [0.5, 0.6) is 5.75 Å². The highest BCUT2D eigenvalue weighted by Crippen LogP contribution is 2.24. The highest BCUT2D eigenvalue weighted by molar-refractivity contribution is 9.10. The zero-order valence-corrected chi connectivity index (χ0v) is 15.0. The third-order valence-corrected chi connectivity index (χ3v) is 3.85. The number of ether oxygens (including phenoxy) is 1. The van der Waals surface area contributed by atoms with Crippen LogP contribution in [-0.2, 0) is 0 Å². The first-order chi connectivity index (χ1) is 9.47. The third kappa shape index (κ3) is 4.87. The van der Waals surface area contributed by atoms with E-state index in [0.717, 1.165) is 29.7 Å². The first-order valence-electron chi connectivity index (χ1n) is 6.92. The van der Waals surface area contributed by atoms with Gasteiger partial charge in [-0.1, -0.05) is 15.9 Å². The molecule has 1 heterocycles. The fourth-order valence-electron chi connectivity index (χ4n) is 2.37. The van der Waals surface area contributed by atoms with Gasteiger partial charge in [-0.2, -0.15) is 0 Å². The summed E-state index contributed by atoms with van der Waals surface area (Å²) in [5.74, 6) is 0.754. The van der Waals surface area contributed by atoms with E-state index in [0.29, 0.717) is 5.56 Å². The molecular weight excluding hydrogens is 356 g/mol. The van der Waals surface area contributed by atoms with Crippen LogP contribution in [0.1, 0.15) is 30.6 Å². The molecule has 0 saturated carbocycles. The van der Waals surface area contributed by atoms with Gasteiger partial charge in [0.2, 0.25) is 0 Å². The van der Waals surface area contributed by atoms with Gasteiger partial charge in [-0.3, -0.25) is 4.79 Å². The molecule has 1 aliphatic heterocycles. The van der Waals surface area contributed by atoms with Gasteiger partial charge in [0.05, 0.1) is 6.10 Å². The van der Waals surface area contributed by atoms with Crippen molar-refractivity contribution in [3.05, 3.63) is 28.2 Å². The van der Waals surface area contributed by atoms with E-state index in [4.69, 9.17) is 4.74 Å². The van der Waals surface area contributed by atoms with Crippen molar-refractivity contribution in [2.75, 3.05) is 20.1 Å². The molecule has 0 radical (unpaired) electrons. The van der Waals surface area contributed by atoms with Crippen LogP contribution in [-0.4, -0.2) is 43.1 Å². The molecule has 1 aliphatic rings. The number of nitrogens with zero attached hydrogens (tertiary/aromatic N) is 1. The van der Waals surface area contributed by atoms with Crippen molar-refractivity contribution >= 4 is 34.2 Å². The number of halogens is 2. The predicted molar refractivity (Wildman–Crippen MR) is 90.5 cm³/mol. The van der Waals surface area contributed by atoms with E-state index in [-0.39, 0.29) is 30.5 Å². The van der Waals surface area contributed by atoms with Crippen molar-refractivity contribution in [3.8, 4) is 5.75 Å². The summed E-state index contributed by atoms with van der Waals surface area (Å²) in [6.07, 6.45) is 1.09. The van der Waals surface area contributed by atoms with Gasteiger partial charge in [0.1, 0.15) is 5.75 Å². The minimum atomic E-state index is 0. The molecule has 1 N–H and O–H groups in total. The van der Waals surface area contributed by atoms with E-state index < -0.39 is 0 Å². The Morgan fingerprint density at radius 2 is 2.14 bits per heavy atom. The molecule has 6 heteroatoms. The van der Waals surface area contributed by atoms with Gasteiger partial charge < -0.3 is 15.0 Å². The summed E-state index contributed by atoms with van der Waals surface area (Å²) >= 11 is 3.44. The molecular formula is C15H22BrClN2O2. The minimum absolute atomic E-state index is 0. The second-order valence-corrected chi connectivity index (χ2v) is 6.32. The first kappa shape index (κ1) is 18.3. The molecule has 1 unspecified atom stereocenters. The maximum Gasteiger partial charge on any atom is 0.254 e. The smallest absolute Gasteiger partial charge is 0.254 e. The molecule has 0 bridgehead atoms.